The third-order valence-corrected chi connectivity index (χ3v) is 3.91. The summed E-state index contributed by atoms with van der Waals surface area (Å²) in [6.07, 6.45) is 0.375. The molecule has 0 bridgehead atoms. The van der Waals surface area contributed by atoms with Crippen molar-refractivity contribution >= 4 is 28.5 Å². The maximum atomic E-state index is 13.3. The van der Waals surface area contributed by atoms with Gasteiger partial charge in [-0.3, -0.25) is 9.59 Å². The van der Waals surface area contributed by atoms with Gasteiger partial charge in [-0.15, -0.1) is 0 Å². The highest BCUT2D eigenvalue weighted by molar-refractivity contribution is 5.91. The lowest BCUT2D eigenvalue weighted by Crippen LogP contribution is -2.26. The summed E-state index contributed by atoms with van der Waals surface area (Å²) in [6, 6.07) is 13.2. The van der Waals surface area contributed by atoms with E-state index in [1.807, 2.05) is 24.3 Å². The van der Waals surface area contributed by atoms with E-state index in [0.717, 1.165) is 11.0 Å². The SMILES string of the molecule is CCC(=O)NCc1nc2ccccc2n1CC(=O)Nc1cccc(F)c1. The Bertz CT molecular complexity index is 952. The number of benzene rings is 2. The molecule has 26 heavy (non-hydrogen) atoms. The predicted octanol–water partition coefficient (Wildman–Crippen LogP) is 2.84. The Morgan fingerprint density at radius 1 is 1.12 bits per heavy atom. The van der Waals surface area contributed by atoms with Gasteiger partial charge in [0, 0.05) is 12.1 Å². The van der Waals surface area contributed by atoms with E-state index < -0.39 is 5.82 Å². The minimum absolute atomic E-state index is 0.00829. The summed E-state index contributed by atoms with van der Waals surface area (Å²) in [7, 11) is 0. The first-order chi connectivity index (χ1) is 12.6. The average molecular weight is 354 g/mol. The summed E-state index contributed by atoms with van der Waals surface area (Å²) in [5, 5.41) is 5.45. The maximum Gasteiger partial charge on any atom is 0.244 e. The molecule has 0 aliphatic heterocycles. The summed E-state index contributed by atoms with van der Waals surface area (Å²) in [6.45, 7) is 2.01. The molecule has 1 heterocycles. The van der Waals surface area contributed by atoms with Gasteiger partial charge in [-0.05, 0) is 30.3 Å². The van der Waals surface area contributed by atoms with Crippen molar-refractivity contribution in [3.63, 3.8) is 0 Å². The van der Waals surface area contributed by atoms with Crippen molar-refractivity contribution in [3.8, 4) is 0 Å². The van der Waals surface area contributed by atoms with Gasteiger partial charge in [0.05, 0.1) is 17.6 Å². The van der Waals surface area contributed by atoms with Crippen molar-refractivity contribution in [2.75, 3.05) is 5.32 Å². The van der Waals surface area contributed by atoms with Gasteiger partial charge in [0.2, 0.25) is 11.8 Å². The van der Waals surface area contributed by atoms with Crippen LogP contribution in [0.2, 0.25) is 0 Å². The molecule has 3 aromatic rings. The van der Waals surface area contributed by atoms with Crippen LogP contribution in [0.5, 0.6) is 0 Å². The van der Waals surface area contributed by atoms with Crippen LogP contribution < -0.4 is 10.6 Å². The number of carbonyl (C=O) groups is 2. The van der Waals surface area contributed by atoms with Crippen LogP contribution in [0.25, 0.3) is 11.0 Å². The Kier molecular flexibility index (Phi) is 5.26. The molecule has 2 N–H and O–H groups in total. The lowest BCUT2D eigenvalue weighted by Gasteiger charge is -2.11. The van der Waals surface area contributed by atoms with E-state index in [2.05, 4.69) is 15.6 Å². The topological polar surface area (TPSA) is 76.0 Å². The first-order valence-corrected chi connectivity index (χ1v) is 8.33. The number of hydrogen-bond acceptors (Lipinski definition) is 3. The Morgan fingerprint density at radius 3 is 2.69 bits per heavy atom. The number of hydrogen-bond donors (Lipinski definition) is 2. The molecule has 7 heteroatoms. The molecule has 0 aliphatic carbocycles. The predicted molar refractivity (Wildman–Crippen MR) is 96.9 cm³/mol. The fourth-order valence-corrected chi connectivity index (χ4v) is 2.65. The monoisotopic (exact) mass is 354 g/mol. The van der Waals surface area contributed by atoms with Gasteiger partial charge in [0.1, 0.15) is 18.2 Å². The van der Waals surface area contributed by atoms with E-state index in [9.17, 15) is 14.0 Å². The third-order valence-electron chi connectivity index (χ3n) is 3.91. The van der Waals surface area contributed by atoms with Crippen molar-refractivity contribution in [3.05, 3.63) is 60.2 Å². The fourth-order valence-electron chi connectivity index (χ4n) is 2.65. The fraction of sp³-hybridized carbons (Fsp3) is 0.211. The van der Waals surface area contributed by atoms with Crippen LogP contribution in [-0.2, 0) is 22.7 Å². The Balaban J connectivity index is 1.82. The summed E-state index contributed by atoms with van der Waals surface area (Å²) >= 11 is 0. The first-order valence-electron chi connectivity index (χ1n) is 8.33. The van der Waals surface area contributed by atoms with E-state index in [-0.39, 0.29) is 24.9 Å². The number of nitrogens with zero attached hydrogens (tertiary/aromatic N) is 2. The van der Waals surface area contributed by atoms with Crippen molar-refractivity contribution < 1.29 is 14.0 Å². The first kappa shape index (κ1) is 17.6. The van der Waals surface area contributed by atoms with Crippen LogP contribution in [0.1, 0.15) is 19.2 Å². The highest BCUT2D eigenvalue weighted by Gasteiger charge is 2.14. The largest absolute Gasteiger partial charge is 0.349 e. The summed E-state index contributed by atoms with van der Waals surface area (Å²) in [5.41, 5.74) is 1.93. The molecule has 3 rings (SSSR count). The second kappa shape index (κ2) is 7.77. The lowest BCUT2D eigenvalue weighted by atomic mass is 10.3. The molecule has 0 unspecified atom stereocenters. The van der Waals surface area contributed by atoms with Crippen LogP contribution in [-0.4, -0.2) is 21.4 Å². The van der Waals surface area contributed by atoms with E-state index in [1.54, 1.807) is 17.6 Å². The molecule has 1 aromatic heterocycles. The molecule has 6 nitrogen and oxygen atoms in total. The van der Waals surface area contributed by atoms with Crippen LogP contribution in [0.3, 0.4) is 0 Å². The number of amides is 2. The summed E-state index contributed by atoms with van der Waals surface area (Å²) in [4.78, 5) is 28.5. The molecule has 2 amide bonds. The van der Waals surface area contributed by atoms with Crippen LogP contribution in [0.15, 0.2) is 48.5 Å². The highest BCUT2D eigenvalue weighted by Crippen LogP contribution is 2.17. The Morgan fingerprint density at radius 2 is 1.92 bits per heavy atom. The zero-order valence-corrected chi connectivity index (χ0v) is 14.3. The number of fused-ring (bicyclic) bond motifs is 1. The normalized spacial score (nSPS) is 10.7. The van der Waals surface area contributed by atoms with Gasteiger partial charge in [-0.25, -0.2) is 9.37 Å². The van der Waals surface area contributed by atoms with E-state index >= 15 is 0 Å². The molecule has 0 fully saturated rings. The highest BCUT2D eigenvalue weighted by atomic mass is 19.1. The van der Waals surface area contributed by atoms with E-state index in [1.165, 1.54) is 18.2 Å². The van der Waals surface area contributed by atoms with Gasteiger partial charge in [-0.2, -0.15) is 0 Å². The van der Waals surface area contributed by atoms with Crippen molar-refractivity contribution in [2.45, 2.75) is 26.4 Å². The number of imidazole rings is 1. The van der Waals surface area contributed by atoms with Gasteiger partial charge in [-0.1, -0.05) is 25.1 Å². The molecule has 0 atom stereocenters. The number of halogens is 1. The van der Waals surface area contributed by atoms with Crippen molar-refractivity contribution in [1.29, 1.82) is 0 Å². The van der Waals surface area contributed by atoms with Crippen molar-refractivity contribution in [1.82, 2.24) is 14.9 Å². The standard InChI is InChI=1S/C19H19FN4O2/c1-2-18(25)21-11-17-23-15-8-3-4-9-16(15)24(17)12-19(26)22-14-7-5-6-13(20)10-14/h3-10H,2,11-12H2,1H3,(H,21,25)(H,22,26). The number of carbonyl (C=O) groups excluding carboxylic acids is 2. The van der Waals surface area contributed by atoms with Gasteiger partial charge >= 0.3 is 0 Å². The minimum Gasteiger partial charge on any atom is -0.349 e. The number of nitrogens with one attached hydrogen (secondary N) is 2. The van der Waals surface area contributed by atoms with E-state index in [0.29, 0.717) is 17.9 Å². The molecule has 0 aliphatic rings. The molecular formula is C19H19FN4O2. The Labute approximate surface area is 150 Å². The summed E-state index contributed by atoms with van der Waals surface area (Å²) < 4.78 is 15.0. The van der Waals surface area contributed by atoms with Gasteiger partial charge in [0.15, 0.2) is 0 Å². The summed E-state index contributed by atoms with van der Waals surface area (Å²) in [5.74, 6) is -0.226. The van der Waals surface area contributed by atoms with Crippen molar-refractivity contribution in [2.24, 2.45) is 0 Å². The van der Waals surface area contributed by atoms with Gasteiger partial charge in [0.25, 0.3) is 0 Å². The molecule has 0 saturated heterocycles. The number of rotatable bonds is 6. The number of aromatic nitrogens is 2. The smallest absolute Gasteiger partial charge is 0.244 e. The Hall–Kier alpha value is -3.22. The number of anilines is 1. The second-order valence-electron chi connectivity index (χ2n) is 5.79. The molecule has 0 saturated carbocycles. The lowest BCUT2D eigenvalue weighted by molar-refractivity contribution is -0.121. The van der Waals surface area contributed by atoms with Crippen LogP contribution >= 0.6 is 0 Å². The zero-order chi connectivity index (χ0) is 18.5. The average Bonchev–Trinajstić information content (AvgIpc) is 2.97. The maximum absolute atomic E-state index is 13.3. The molecular weight excluding hydrogens is 335 g/mol. The minimum atomic E-state index is -0.418. The van der Waals surface area contributed by atoms with Gasteiger partial charge < -0.3 is 15.2 Å². The molecule has 0 spiro atoms. The second-order valence-corrected chi connectivity index (χ2v) is 5.79. The number of para-hydroxylation sites is 2. The molecule has 2 aromatic carbocycles. The van der Waals surface area contributed by atoms with Crippen LogP contribution in [0.4, 0.5) is 10.1 Å². The molecule has 134 valence electrons. The van der Waals surface area contributed by atoms with Crippen LogP contribution in [0, 0.1) is 5.82 Å². The molecule has 0 radical (unpaired) electrons. The van der Waals surface area contributed by atoms with E-state index in [4.69, 9.17) is 0 Å². The zero-order valence-electron chi connectivity index (χ0n) is 14.3. The quantitative estimate of drug-likeness (QED) is 0.715. The third kappa shape index (κ3) is 4.05.